The van der Waals surface area contributed by atoms with E-state index in [2.05, 4.69) is 48.6 Å². The van der Waals surface area contributed by atoms with Gasteiger partial charge in [-0.3, -0.25) is 0 Å². The minimum Gasteiger partial charge on any atom is -0.496 e. The summed E-state index contributed by atoms with van der Waals surface area (Å²) >= 11 is 0. The van der Waals surface area contributed by atoms with Gasteiger partial charge in [0, 0.05) is 12.7 Å². The van der Waals surface area contributed by atoms with Gasteiger partial charge in [-0.15, -0.1) is 0 Å². The second-order valence-electron chi connectivity index (χ2n) is 4.43. The first-order valence-corrected chi connectivity index (χ1v) is 6.13. The summed E-state index contributed by atoms with van der Waals surface area (Å²) in [6, 6.07) is 14.9. The zero-order chi connectivity index (χ0) is 13.0. The first-order chi connectivity index (χ1) is 8.72. The van der Waals surface area contributed by atoms with Crippen molar-refractivity contribution in [1.29, 1.82) is 0 Å². The van der Waals surface area contributed by atoms with Crippen LogP contribution in [0.2, 0.25) is 0 Å². The van der Waals surface area contributed by atoms with Crippen molar-refractivity contribution in [3.05, 3.63) is 59.2 Å². The lowest BCUT2D eigenvalue weighted by Gasteiger charge is -2.08. The van der Waals surface area contributed by atoms with Crippen molar-refractivity contribution in [1.82, 2.24) is 0 Å². The predicted octanol–water partition coefficient (Wildman–Crippen LogP) is 3.64. The van der Waals surface area contributed by atoms with Gasteiger partial charge in [0.05, 0.1) is 7.11 Å². The monoisotopic (exact) mass is 241 g/mol. The highest BCUT2D eigenvalue weighted by molar-refractivity contribution is 5.45. The number of anilines is 1. The quantitative estimate of drug-likeness (QED) is 0.882. The van der Waals surface area contributed by atoms with E-state index in [9.17, 15) is 0 Å². The molecule has 0 aromatic heterocycles. The third kappa shape index (κ3) is 2.83. The van der Waals surface area contributed by atoms with Gasteiger partial charge in [-0.1, -0.05) is 24.3 Å². The number of hydrogen-bond donors (Lipinski definition) is 1. The zero-order valence-corrected chi connectivity index (χ0v) is 11.2. The van der Waals surface area contributed by atoms with Gasteiger partial charge in [-0.25, -0.2) is 0 Å². The molecule has 0 atom stereocenters. The van der Waals surface area contributed by atoms with Crippen molar-refractivity contribution < 1.29 is 4.74 Å². The van der Waals surface area contributed by atoms with Crippen LogP contribution in [0.1, 0.15) is 16.7 Å². The van der Waals surface area contributed by atoms with E-state index in [4.69, 9.17) is 4.74 Å². The van der Waals surface area contributed by atoms with Gasteiger partial charge in [0.1, 0.15) is 5.75 Å². The second kappa shape index (κ2) is 5.58. The fourth-order valence-electron chi connectivity index (χ4n) is 2.08. The third-order valence-corrected chi connectivity index (χ3v) is 3.11. The van der Waals surface area contributed by atoms with E-state index < -0.39 is 0 Å². The Labute approximate surface area is 109 Å². The van der Waals surface area contributed by atoms with Gasteiger partial charge >= 0.3 is 0 Å². The summed E-state index contributed by atoms with van der Waals surface area (Å²) in [5.41, 5.74) is 4.95. The molecule has 1 N–H and O–H groups in total. The van der Waals surface area contributed by atoms with E-state index in [0.29, 0.717) is 0 Å². The molecule has 94 valence electrons. The molecule has 0 aliphatic heterocycles. The standard InChI is InChI=1S/C16H19NO/c1-12-10-14(6-9-16(12)18-3)11-13-4-7-15(17-2)8-5-13/h4-10,17H,11H2,1-3H3. The van der Waals surface area contributed by atoms with Crippen LogP contribution in [0.25, 0.3) is 0 Å². The fraction of sp³-hybridized carbons (Fsp3) is 0.250. The molecule has 0 amide bonds. The first kappa shape index (κ1) is 12.5. The molecule has 0 heterocycles. The van der Waals surface area contributed by atoms with Crippen LogP contribution >= 0.6 is 0 Å². The number of rotatable bonds is 4. The van der Waals surface area contributed by atoms with Crippen LogP contribution in [0, 0.1) is 6.92 Å². The van der Waals surface area contributed by atoms with Crippen molar-refractivity contribution in [3.63, 3.8) is 0 Å². The van der Waals surface area contributed by atoms with Gasteiger partial charge in [0.15, 0.2) is 0 Å². The Morgan fingerprint density at radius 3 is 2.22 bits per heavy atom. The lowest BCUT2D eigenvalue weighted by molar-refractivity contribution is 0.411. The molecule has 18 heavy (non-hydrogen) atoms. The van der Waals surface area contributed by atoms with Crippen LogP contribution in [-0.4, -0.2) is 14.2 Å². The number of benzene rings is 2. The Kier molecular flexibility index (Phi) is 3.88. The highest BCUT2D eigenvalue weighted by atomic mass is 16.5. The van der Waals surface area contributed by atoms with E-state index in [-0.39, 0.29) is 0 Å². The normalized spacial score (nSPS) is 10.2. The van der Waals surface area contributed by atoms with Crippen molar-refractivity contribution in [3.8, 4) is 5.75 Å². The molecule has 0 aliphatic carbocycles. The topological polar surface area (TPSA) is 21.3 Å². The second-order valence-corrected chi connectivity index (χ2v) is 4.43. The van der Waals surface area contributed by atoms with Crippen molar-refractivity contribution in [2.45, 2.75) is 13.3 Å². The van der Waals surface area contributed by atoms with E-state index in [1.165, 1.54) is 16.7 Å². The molecule has 0 saturated carbocycles. The molecular formula is C16H19NO. The van der Waals surface area contributed by atoms with Crippen LogP contribution < -0.4 is 10.1 Å². The lowest BCUT2D eigenvalue weighted by Crippen LogP contribution is -1.93. The molecule has 0 saturated heterocycles. The largest absolute Gasteiger partial charge is 0.496 e. The Morgan fingerprint density at radius 2 is 1.67 bits per heavy atom. The Hall–Kier alpha value is -1.96. The summed E-state index contributed by atoms with van der Waals surface area (Å²) in [6.45, 7) is 2.08. The minimum atomic E-state index is 0.948. The molecule has 0 bridgehead atoms. The number of ether oxygens (including phenoxy) is 1. The van der Waals surface area contributed by atoms with Crippen molar-refractivity contribution in [2.75, 3.05) is 19.5 Å². The van der Waals surface area contributed by atoms with Crippen LogP contribution in [0.15, 0.2) is 42.5 Å². The van der Waals surface area contributed by atoms with E-state index in [1.54, 1.807) is 7.11 Å². The van der Waals surface area contributed by atoms with Gasteiger partial charge in [-0.05, 0) is 48.2 Å². The SMILES string of the molecule is CNc1ccc(Cc2ccc(OC)c(C)c2)cc1. The maximum absolute atomic E-state index is 5.27. The number of nitrogens with one attached hydrogen (secondary N) is 1. The maximum atomic E-state index is 5.27. The predicted molar refractivity (Wildman–Crippen MR) is 76.5 cm³/mol. The highest BCUT2D eigenvalue weighted by Gasteiger charge is 2.01. The molecule has 0 radical (unpaired) electrons. The van der Waals surface area contributed by atoms with Gasteiger partial charge < -0.3 is 10.1 Å². The van der Waals surface area contributed by atoms with Crippen molar-refractivity contribution in [2.24, 2.45) is 0 Å². The molecule has 2 aromatic carbocycles. The highest BCUT2D eigenvalue weighted by Crippen LogP contribution is 2.20. The zero-order valence-electron chi connectivity index (χ0n) is 11.2. The number of hydrogen-bond acceptors (Lipinski definition) is 2. The third-order valence-electron chi connectivity index (χ3n) is 3.11. The molecule has 2 heteroatoms. The summed E-state index contributed by atoms with van der Waals surface area (Å²) in [5, 5.41) is 3.13. The van der Waals surface area contributed by atoms with Gasteiger partial charge in [-0.2, -0.15) is 0 Å². The maximum Gasteiger partial charge on any atom is 0.121 e. The summed E-state index contributed by atoms with van der Waals surface area (Å²) in [4.78, 5) is 0. The molecular weight excluding hydrogens is 222 g/mol. The fourth-order valence-corrected chi connectivity index (χ4v) is 2.08. The minimum absolute atomic E-state index is 0.948. The Bertz CT molecular complexity index is 517. The molecule has 0 spiro atoms. The molecule has 2 rings (SSSR count). The average molecular weight is 241 g/mol. The lowest BCUT2D eigenvalue weighted by atomic mass is 10.0. The van der Waals surface area contributed by atoms with E-state index >= 15 is 0 Å². The summed E-state index contributed by atoms with van der Waals surface area (Å²) in [5.74, 6) is 0.948. The van der Waals surface area contributed by atoms with Gasteiger partial charge in [0.2, 0.25) is 0 Å². The van der Waals surface area contributed by atoms with E-state index in [0.717, 1.165) is 17.9 Å². The molecule has 2 nitrogen and oxygen atoms in total. The summed E-state index contributed by atoms with van der Waals surface area (Å²) < 4.78 is 5.27. The summed E-state index contributed by atoms with van der Waals surface area (Å²) in [7, 11) is 3.64. The van der Waals surface area contributed by atoms with Crippen molar-refractivity contribution >= 4 is 5.69 Å². The molecule has 2 aromatic rings. The number of methoxy groups -OCH3 is 1. The Balaban J connectivity index is 2.15. The van der Waals surface area contributed by atoms with E-state index in [1.807, 2.05) is 13.1 Å². The Morgan fingerprint density at radius 1 is 1.00 bits per heavy atom. The average Bonchev–Trinajstić information content (AvgIpc) is 2.40. The van der Waals surface area contributed by atoms with Crippen LogP contribution in [-0.2, 0) is 6.42 Å². The van der Waals surface area contributed by atoms with Crippen LogP contribution in [0.4, 0.5) is 5.69 Å². The smallest absolute Gasteiger partial charge is 0.121 e. The van der Waals surface area contributed by atoms with Gasteiger partial charge in [0.25, 0.3) is 0 Å². The molecule has 0 unspecified atom stereocenters. The molecule has 0 aliphatic rings. The van der Waals surface area contributed by atoms with Crippen LogP contribution in [0.3, 0.4) is 0 Å². The molecule has 0 fully saturated rings. The number of aryl methyl sites for hydroxylation is 1. The first-order valence-electron chi connectivity index (χ1n) is 6.13. The van der Waals surface area contributed by atoms with Crippen LogP contribution in [0.5, 0.6) is 5.75 Å². The summed E-state index contributed by atoms with van der Waals surface area (Å²) in [6.07, 6.45) is 0.953.